The van der Waals surface area contributed by atoms with Gasteiger partial charge in [-0.05, 0) is 83.5 Å². The summed E-state index contributed by atoms with van der Waals surface area (Å²) >= 11 is 0. The molecule has 5 aromatic rings. The molecule has 15 heteroatoms. The second-order valence-corrected chi connectivity index (χ2v) is 13.1. The van der Waals surface area contributed by atoms with Gasteiger partial charge in [0.1, 0.15) is 34.6 Å². The molecule has 4 heterocycles. The highest BCUT2D eigenvalue weighted by Gasteiger charge is 2.38. The topological polar surface area (TPSA) is 117 Å². The molecule has 11 nitrogen and oxygen atoms in total. The van der Waals surface area contributed by atoms with Gasteiger partial charge in [-0.3, -0.25) is 4.68 Å². The number of benzene rings is 1. The molecule has 0 fully saturated rings. The van der Waals surface area contributed by atoms with E-state index in [4.69, 9.17) is 9.47 Å². The Morgan fingerprint density at radius 2 is 1.46 bits per heavy atom. The number of carbonyl (C=O) groups is 2. The Hall–Kier alpha value is -5.34. The van der Waals surface area contributed by atoms with Gasteiger partial charge in [0.05, 0.1) is 11.9 Å². The summed E-state index contributed by atoms with van der Waals surface area (Å²) in [5, 5.41) is 8.35. The minimum Gasteiger partial charge on any atom is -0.443 e. The molecule has 4 aromatic heterocycles. The van der Waals surface area contributed by atoms with E-state index in [1.807, 2.05) is 0 Å². The summed E-state index contributed by atoms with van der Waals surface area (Å²) in [7, 11) is 0. The van der Waals surface area contributed by atoms with Crippen molar-refractivity contribution in [3.8, 4) is 22.5 Å². The zero-order chi connectivity index (χ0) is 35.2. The van der Waals surface area contributed by atoms with Crippen LogP contribution in [0.2, 0.25) is 0 Å². The van der Waals surface area contributed by atoms with E-state index in [9.17, 15) is 22.8 Å². The van der Waals surface area contributed by atoms with Crippen LogP contribution in [0.5, 0.6) is 0 Å². The molecule has 0 saturated carbocycles. The van der Waals surface area contributed by atoms with Crippen LogP contribution in [0.4, 0.5) is 33.1 Å². The number of pyridine rings is 2. The number of carbonyl (C=O) groups excluding carboxylic acids is 2. The van der Waals surface area contributed by atoms with Crippen molar-refractivity contribution in [3.63, 3.8) is 0 Å². The molecule has 0 aliphatic rings. The number of amides is 2. The maximum Gasteiger partial charge on any atom is 0.427 e. The van der Waals surface area contributed by atoms with Gasteiger partial charge < -0.3 is 9.47 Å². The van der Waals surface area contributed by atoms with Crippen molar-refractivity contribution in [1.29, 1.82) is 0 Å². The van der Waals surface area contributed by atoms with E-state index in [1.54, 1.807) is 41.5 Å². The summed E-state index contributed by atoms with van der Waals surface area (Å²) in [5.74, 6) is -4.86. The zero-order valence-corrected chi connectivity index (χ0v) is 27.2. The van der Waals surface area contributed by atoms with Gasteiger partial charge in [-0.15, -0.1) is 10.00 Å². The molecule has 5 rings (SSSR count). The summed E-state index contributed by atoms with van der Waals surface area (Å²) in [6.45, 7) is 10.5. The zero-order valence-electron chi connectivity index (χ0n) is 27.2. The van der Waals surface area contributed by atoms with Crippen molar-refractivity contribution in [2.45, 2.75) is 71.6 Å². The summed E-state index contributed by atoms with van der Waals surface area (Å²) in [6.07, 6.45) is 1.99. The van der Waals surface area contributed by atoms with Crippen LogP contribution in [-0.4, -0.2) is 58.7 Å². The quantitative estimate of drug-likeness (QED) is 0.168. The number of imide groups is 1. The van der Waals surface area contributed by atoms with Crippen LogP contribution in [-0.2, 0) is 9.47 Å². The Bertz CT molecular complexity index is 1950. The van der Waals surface area contributed by atoms with Crippen LogP contribution in [0.1, 0.15) is 60.1 Å². The first kappa shape index (κ1) is 34.0. The lowest BCUT2D eigenvalue weighted by molar-refractivity contribution is -0.0217. The predicted molar refractivity (Wildman–Crippen MR) is 168 cm³/mol. The van der Waals surface area contributed by atoms with E-state index < -0.39 is 47.0 Å². The summed E-state index contributed by atoms with van der Waals surface area (Å²) < 4.78 is 71.2. The van der Waals surface area contributed by atoms with E-state index in [1.165, 1.54) is 59.5 Å². The number of fused-ring (bicyclic) bond motifs is 1. The molecule has 1 aromatic carbocycles. The fourth-order valence-corrected chi connectivity index (χ4v) is 4.70. The van der Waals surface area contributed by atoms with E-state index in [0.717, 1.165) is 23.7 Å². The van der Waals surface area contributed by atoms with Gasteiger partial charge in [-0.2, -0.15) is 10.1 Å². The number of ether oxygens (including phenoxy) is 2. The summed E-state index contributed by atoms with van der Waals surface area (Å²) in [4.78, 5) is 35.4. The number of anilines is 1. The van der Waals surface area contributed by atoms with Crippen molar-refractivity contribution >= 4 is 23.8 Å². The van der Waals surface area contributed by atoms with Gasteiger partial charge in [-0.25, -0.2) is 36.7 Å². The average Bonchev–Trinajstić information content (AvgIpc) is 3.59. The lowest BCUT2D eigenvalue weighted by atomic mass is 10.0. The van der Waals surface area contributed by atoms with Crippen molar-refractivity contribution in [2.75, 3.05) is 4.90 Å². The predicted octanol–water partition coefficient (Wildman–Crippen LogP) is 7.85. The number of alkyl halides is 2. The lowest BCUT2D eigenvalue weighted by Crippen LogP contribution is -2.44. The number of halogens is 4. The van der Waals surface area contributed by atoms with Crippen LogP contribution < -0.4 is 4.90 Å². The average molecular weight is 668 g/mol. The number of hydrogen-bond acceptors (Lipinski definition) is 8. The number of nitrogens with zero attached hydrogens (tertiary/aromatic N) is 7. The number of hydrogen-bond donors (Lipinski definition) is 0. The molecule has 48 heavy (non-hydrogen) atoms. The van der Waals surface area contributed by atoms with Crippen molar-refractivity contribution in [1.82, 2.24) is 29.4 Å². The maximum absolute atomic E-state index is 15.2. The van der Waals surface area contributed by atoms with Crippen molar-refractivity contribution in [3.05, 3.63) is 84.3 Å². The molecule has 0 bridgehead atoms. The normalized spacial score (nSPS) is 13.0. The van der Waals surface area contributed by atoms with Crippen LogP contribution in [0.25, 0.3) is 28.2 Å². The molecule has 0 radical (unpaired) electrons. The molecule has 0 spiro atoms. The Morgan fingerprint density at radius 3 is 2.04 bits per heavy atom. The Balaban J connectivity index is 1.49. The van der Waals surface area contributed by atoms with E-state index in [0.29, 0.717) is 10.5 Å². The molecule has 1 unspecified atom stereocenters. The third-order valence-corrected chi connectivity index (χ3v) is 6.63. The first-order valence-electron chi connectivity index (χ1n) is 14.8. The smallest absolute Gasteiger partial charge is 0.427 e. The third kappa shape index (κ3) is 7.61. The SMILES string of the molecule is CC(C)(C)OC(=O)N(C(=O)OC(C)(C)C)c1nc2cc(-c3nc(-c4cnn(C(c5ccc(F)cc5)C(C)(F)F)c4)ccc3F)ccn2n1. The molecule has 1 atom stereocenters. The highest BCUT2D eigenvalue weighted by Crippen LogP contribution is 2.35. The van der Waals surface area contributed by atoms with Crippen molar-refractivity contribution in [2.24, 2.45) is 0 Å². The maximum atomic E-state index is 15.2. The second kappa shape index (κ2) is 12.4. The molecule has 0 aliphatic carbocycles. The van der Waals surface area contributed by atoms with E-state index >= 15 is 4.39 Å². The first-order chi connectivity index (χ1) is 22.3. The van der Waals surface area contributed by atoms with E-state index in [2.05, 4.69) is 20.2 Å². The summed E-state index contributed by atoms with van der Waals surface area (Å²) in [6, 6.07) is 8.66. The fraction of sp³-hybridized carbons (Fsp3) is 0.333. The summed E-state index contributed by atoms with van der Waals surface area (Å²) in [5.41, 5.74) is -0.906. The molecule has 0 aliphatic heterocycles. The highest BCUT2D eigenvalue weighted by molar-refractivity contribution is 6.08. The Labute approximate surface area is 273 Å². The molecular weight excluding hydrogens is 634 g/mol. The van der Waals surface area contributed by atoms with Gasteiger partial charge in [0, 0.05) is 30.4 Å². The largest absolute Gasteiger partial charge is 0.443 e. The molecule has 2 amide bonds. The van der Waals surface area contributed by atoms with Crippen molar-refractivity contribution < 1.29 is 36.6 Å². The van der Waals surface area contributed by atoms with Crippen LogP contribution in [0.15, 0.2) is 67.1 Å². The van der Waals surface area contributed by atoms with Crippen LogP contribution >= 0.6 is 0 Å². The monoisotopic (exact) mass is 667 g/mol. The van der Waals surface area contributed by atoms with Gasteiger partial charge >= 0.3 is 12.2 Å². The Morgan fingerprint density at radius 1 is 0.833 bits per heavy atom. The number of aromatic nitrogens is 6. The first-order valence-corrected chi connectivity index (χ1v) is 14.8. The lowest BCUT2D eigenvalue weighted by Gasteiger charge is -2.26. The second-order valence-electron chi connectivity index (χ2n) is 13.1. The minimum absolute atomic E-state index is 0.0978. The molecular formula is C33H33F4N7O4. The fourth-order valence-electron chi connectivity index (χ4n) is 4.70. The highest BCUT2D eigenvalue weighted by atomic mass is 19.3. The van der Waals surface area contributed by atoms with Gasteiger partial charge in [0.25, 0.3) is 11.9 Å². The minimum atomic E-state index is -3.27. The third-order valence-electron chi connectivity index (χ3n) is 6.63. The van der Waals surface area contributed by atoms with Crippen LogP contribution in [0.3, 0.4) is 0 Å². The van der Waals surface area contributed by atoms with Crippen LogP contribution in [0, 0.1) is 11.6 Å². The van der Waals surface area contributed by atoms with Gasteiger partial charge in [0.15, 0.2) is 5.65 Å². The van der Waals surface area contributed by atoms with Gasteiger partial charge in [-0.1, -0.05) is 12.1 Å². The molecule has 252 valence electrons. The standard InChI is InChI=1S/C33H33F4N7O4/c1-31(2,3)47-29(45)44(30(46)48-32(4,5)6)28-40-25-16-20(14-15-42(25)41-28)26-23(35)12-13-24(39-26)21-17-38-43(18-21)27(33(7,36)37)19-8-10-22(34)11-9-19/h8-18,27H,1-7H3. The van der Waals surface area contributed by atoms with Gasteiger partial charge in [0.2, 0.25) is 0 Å². The Kier molecular flexibility index (Phi) is 8.75. The number of rotatable bonds is 6. The van der Waals surface area contributed by atoms with E-state index in [-0.39, 0.29) is 34.1 Å². The molecule has 0 N–H and O–H groups in total. The molecule has 0 saturated heterocycles.